The van der Waals surface area contributed by atoms with Crippen molar-refractivity contribution in [3.8, 4) is 0 Å². The molecule has 0 atom stereocenters. The number of hydrogen-bond acceptors (Lipinski definition) is 3. The van der Waals surface area contributed by atoms with Crippen LogP contribution in [0.4, 0.5) is 0 Å². The Morgan fingerprint density at radius 2 is 2.00 bits per heavy atom. The Kier molecular flexibility index (Phi) is 7.39. The van der Waals surface area contributed by atoms with Crippen LogP contribution < -0.4 is 5.73 Å². The van der Waals surface area contributed by atoms with E-state index in [2.05, 4.69) is 20.8 Å². The number of amides is 1. The minimum Gasteiger partial charge on any atom is -0.369 e. The normalized spacial score (nSPS) is 11.9. The molecule has 0 saturated heterocycles. The van der Waals surface area contributed by atoms with Crippen molar-refractivity contribution in [1.82, 2.24) is 4.90 Å². The lowest BCUT2D eigenvalue weighted by atomic mass is 9.93. The molecule has 1 amide bonds. The molecule has 17 heavy (non-hydrogen) atoms. The minimum absolute atomic E-state index is 0.0390. The van der Waals surface area contributed by atoms with E-state index in [1.807, 2.05) is 18.7 Å². The number of carbonyl (C=O) groups is 1. The third-order valence-corrected chi connectivity index (χ3v) is 2.56. The molecule has 0 fully saturated rings. The second-order valence-corrected chi connectivity index (χ2v) is 5.54. The Morgan fingerprint density at radius 3 is 2.41 bits per heavy atom. The van der Waals surface area contributed by atoms with Crippen LogP contribution in [0.3, 0.4) is 0 Å². The van der Waals surface area contributed by atoms with E-state index in [4.69, 9.17) is 10.5 Å². The molecule has 4 heteroatoms. The summed E-state index contributed by atoms with van der Waals surface area (Å²) in [5.74, 6) is 0.0575. The third-order valence-electron chi connectivity index (χ3n) is 2.56. The van der Waals surface area contributed by atoms with Gasteiger partial charge in [-0.25, -0.2) is 0 Å². The van der Waals surface area contributed by atoms with Crippen molar-refractivity contribution in [2.45, 2.75) is 47.1 Å². The zero-order chi connectivity index (χ0) is 13.5. The fourth-order valence-corrected chi connectivity index (χ4v) is 1.47. The summed E-state index contributed by atoms with van der Waals surface area (Å²) < 4.78 is 5.36. The highest BCUT2D eigenvalue weighted by atomic mass is 16.5. The van der Waals surface area contributed by atoms with Gasteiger partial charge < -0.3 is 15.4 Å². The SMILES string of the molecule is CCCN(CC(C)(C)CN)C(=O)COC(C)C. The topological polar surface area (TPSA) is 55.6 Å². The second-order valence-electron chi connectivity index (χ2n) is 5.54. The van der Waals surface area contributed by atoms with E-state index < -0.39 is 0 Å². The van der Waals surface area contributed by atoms with Crippen LogP contribution in [0.1, 0.15) is 41.0 Å². The van der Waals surface area contributed by atoms with E-state index in [1.165, 1.54) is 0 Å². The summed E-state index contributed by atoms with van der Waals surface area (Å²) in [5.41, 5.74) is 5.66. The van der Waals surface area contributed by atoms with Crippen LogP contribution in [0.15, 0.2) is 0 Å². The van der Waals surface area contributed by atoms with Gasteiger partial charge in [0.05, 0.1) is 6.10 Å². The number of hydrogen-bond donors (Lipinski definition) is 1. The lowest BCUT2D eigenvalue weighted by molar-refractivity contribution is -0.139. The zero-order valence-corrected chi connectivity index (χ0v) is 12.0. The van der Waals surface area contributed by atoms with Gasteiger partial charge in [-0.1, -0.05) is 20.8 Å². The predicted molar refractivity (Wildman–Crippen MR) is 70.8 cm³/mol. The smallest absolute Gasteiger partial charge is 0.248 e. The van der Waals surface area contributed by atoms with Crippen molar-refractivity contribution in [1.29, 1.82) is 0 Å². The highest BCUT2D eigenvalue weighted by molar-refractivity contribution is 5.77. The average molecular weight is 244 g/mol. The van der Waals surface area contributed by atoms with Gasteiger partial charge in [-0.2, -0.15) is 0 Å². The maximum absolute atomic E-state index is 12.0. The maximum atomic E-state index is 12.0. The van der Waals surface area contributed by atoms with E-state index in [-0.39, 0.29) is 24.0 Å². The number of nitrogens with two attached hydrogens (primary N) is 1. The molecule has 0 spiro atoms. The second kappa shape index (κ2) is 7.67. The van der Waals surface area contributed by atoms with Crippen LogP contribution in [0, 0.1) is 5.41 Å². The highest BCUT2D eigenvalue weighted by Gasteiger charge is 2.23. The zero-order valence-electron chi connectivity index (χ0n) is 12.0. The van der Waals surface area contributed by atoms with Gasteiger partial charge in [0.25, 0.3) is 0 Å². The fourth-order valence-electron chi connectivity index (χ4n) is 1.47. The quantitative estimate of drug-likeness (QED) is 0.706. The van der Waals surface area contributed by atoms with Crippen molar-refractivity contribution in [3.63, 3.8) is 0 Å². The molecule has 0 aromatic heterocycles. The lowest BCUT2D eigenvalue weighted by Gasteiger charge is -2.31. The van der Waals surface area contributed by atoms with E-state index in [1.54, 1.807) is 0 Å². The molecule has 2 N–H and O–H groups in total. The Hall–Kier alpha value is -0.610. The first-order valence-electron chi connectivity index (χ1n) is 6.42. The van der Waals surface area contributed by atoms with Gasteiger partial charge in [0.2, 0.25) is 5.91 Å². The fraction of sp³-hybridized carbons (Fsp3) is 0.923. The molecule has 0 aliphatic heterocycles. The standard InChI is InChI=1S/C13H28N2O2/c1-6-7-15(10-13(4,5)9-14)12(16)8-17-11(2)3/h11H,6-10,14H2,1-5H3. The summed E-state index contributed by atoms with van der Waals surface area (Å²) in [6.07, 6.45) is 1.04. The van der Waals surface area contributed by atoms with Gasteiger partial charge in [-0.05, 0) is 32.2 Å². The summed E-state index contributed by atoms with van der Waals surface area (Å²) in [4.78, 5) is 13.8. The van der Waals surface area contributed by atoms with Crippen LogP contribution in [0.25, 0.3) is 0 Å². The number of carbonyl (C=O) groups excluding carboxylic acids is 1. The molecular weight excluding hydrogens is 216 g/mol. The van der Waals surface area contributed by atoms with Gasteiger partial charge in [0.1, 0.15) is 6.61 Å². The van der Waals surface area contributed by atoms with E-state index in [0.29, 0.717) is 13.1 Å². The summed E-state index contributed by atoms with van der Waals surface area (Å²) in [6.45, 7) is 12.3. The van der Waals surface area contributed by atoms with E-state index in [0.717, 1.165) is 13.0 Å². The molecule has 0 radical (unpaired) electrons. The molecule has 0 unspecified atom stereocenters. The van der Waals surface area contributed by atoms with Crippen molar-refractivity contribution in [3.05, 3.63) is 0 Å². The van der Waals surface area contributed by atoms with Crippen molar-refractivity contribution in [2.75, 3.05) is 26.2 Å². The molecule has 0 aliphatic carbocycles. The first-order valence-corrected chi connectivity index (χ1v) is 6.42. The molecule has 0 bridgehead atoms. The molecule has 0 saturated carbocycles. The monoisotopic (exact) mass is 244 g/mol. The van der Waals surface area contributed by atoms with Crippen LogP contribution in [-0.2, 0) is 9.53 Å². The van der Waals surface area contributed by atoms with E-state index >= 15 is 0 Å². The predicted octanol–water partition coefficient (Wildman–Crippen LogP) is 1.63. The first kappa shape index (κ1) is 16.4. The molecule has 0 aromatic carbocycles. The van der Waals surface area contributed by atoms with E-state index in [9.17, 15) is 4.79 Å². The molecule has 0 rings (SSSR count). The third kappa shape index (κ3) is 7.34. The van der Waals surface area contributed by atoms with Gasteiger partial charge in [-0.3, -0.25) is 4.79 Å². The van der Waals surface area contributed by atoms with Crippen molar-refractivity contribution < 1.29 is 9.53 Å². The van der Waals surface area contributed by atoms with Crippen molar-refractivity contribution in [2.24, 2.45) is 11.1 Å². The minimum atomic E-state index is -0.0390. The summed E-state index contributed by atoms with van der Waals surface area (Å²) in [5, 5.41) is 0. The lowest BCUT2D eigenvalue weighted by Crippen LogP contribution is -2.44. The van der Waals surface area contributed by atoms with Crippen molar-refractivity contribution >= 4 is 5.91 Å². The van der Waals surface area contributed by atoms with Gasteiger partial charge in [0.15, 0.2) is 0 Å². The van der Waals surface area contributed by atoms with Crippen LogP contribution in [-0.4, -0.2) is 43.2 Å². The van der Waals surface area contributed by atoms with Gasteiger partial charge in [0, 0.05) is 13.1 Å². The van der Waals surface area contributed by atoms with Crippen LogP contribution >= 0.6 is 0 Å². The Balaban J connectivity index is 4.35. The number of nitrogens with zero attached hydrogens (tertiary/aromatic N) is 1. The number of ether oxygens (including phenoxy) is 1. The molecule has 102 valence electrons. The molecule has 0 aromatic rings. The Labute approximate surface area is 105 Å². The Bertz CT molecular complexity index is 227. The molecule has 4 nitrogen and oxygen atoms in total. The first-order chi connectivity index (χ1) is 7.82. The molecular formula is C13H28N2O2. The summed E-state index contributed by atoms with van der Waals surface area (Å²) in [6, 6.07) is 0. The summed E-state index contributed by atoms with van der Waals surface area (Å²) in [7, 11) is 0. The highest BCUT2D eigenvalue weighted by Crippen LogP contribution is 2.15. The van der Waals surface area contributed by atoms with Crippen LogP contribution in [0.2, 0.25) is 0 Å². The van der Waals surface area contributed by atoms with Crippen LogP contribution in [0.5, 0.6) is 0 Å². The molecule has 0 heterocycles. The summed E-state index contributed by atoms with van der Waals surface area (Å²) >= 11 is 0. The van der Waals surface area contributed by atoms with Gasteiger partial charge >= 0.3 is 0 Å². The molecule has 0 aliphatic rings. The largest absolute Gasteiger partial charge is 0.369 e. The maximum Gasteiger partial charge on any atom is 0.248 e. The average Bonchev–Trinajstić information content (AvgIpc) is 2.25. The number of rotatable bonds is 8. The van der Waals surface area contributed by atoms with Gasteiger partial charge in [-0.15, -0.1) is 0 Å². The Morgan fingerprint density at radius 1 is 1.41 bits per heavy atom.